The Labute approximate surface area is 544 Å². The molecule has 20 nitrogen and oxygen atoms in total. The smallest absolute Gasteiger partial charge is 0.162 e. The van der Waals surface area contributed by atoms with E-state index >= 15 is 0 Å². The van der Waals surface area contributed by atoms with Gasteiger partial charge in [-0.3, -0.25) is 14.7 Å². The Morgan fingerprint density at radius 3 is 1.08 bits per heavy atom. The highest BCUT2D eigenvalue weighted by molar-refractivity contribution is 8.00. The molecule has 0 saturated carbocycles. The van der Waals surface area contributed by atoms with E-state index in [0.29, 0.717) is 17.1 Å². The average Bonchev–Trinajstić information content (AvgIpc) is 2.01. The summed E-state index contributed by atoms with van der Waals surface area (Å²) in [6.07, 6.45) is 3.17. The van der Waals surface area contributed by atoms with Crippen molar-refractivity contribution in [1.82, 2.24) is 24.5 Å². The van der Waals surface area contributed by atoms with Crippen molar-refractivity contribution in [2.75, 3.05) is 167 Å². The van der Waals surface area contributed by atoms with E-state index in [-0.39, 0.29) is 30.9 Å². The lowest BCUT2D eigenvalue weighted by Crippen LogP contribution is -2.42. The molecule has 1 saturated heterocycles. The van der Waals surface area contributed by atoms with Gasteiger partial charge in [0.05, 0.1) is 52.9 Å². The Morgan fingerprint density at radius 2 is 0.727 bits per heavy atom. The number of aryl methyl sites for hydroxylation is 5. The number of anilines is 10. The van der Waals surface area contributed by atoms with Crippen molar-refractivity contribution in [3.05, 3.63) is 58.1 Å². The average molecular weight is 1310 g/mol. The first-order valence-electron chi connectivity index (χ1n) is 30.2. The van der Waals surface area contributed by atoms with Gasteiger partial charge in [-0.05, 0) is 160 Å². The lowest BCUT2D eigenvalue weighted by atomic mass is 10.1. The number of hydrogen-bond donors (Lipinski definition) is 10. The van der Waals surface area contributed by atoms with E-state index in [4.69, 9.17) is 81.0 Å². The molecule has 5 atom stereocenters. The topological polar surface area (TPSA) is 323 Å². The van der Waals surface area contributed by atoms with Crippen molar-refractivity contribution in [2.45, 2.75) is 131 Å². The van der Waals surface area contributed by atoms with Crippen molar-refractivity contribution < 1.29 is 23.7 Å². The maximum Gasteiger partial charge on any atom is 0.162 e. The fourth-order valence-electron chi connectivity index (χ4n) is 10.7. The number of hydrogen-bond acceptors (Lipinski definition) is 25. The van der Waals surface area contributed by atoms with E-state index in [1.807, 2.05) is 98.0 Å². The summed E-state index contributed by atoms with van der Waals surface area (Å²) in [6, 6.07) is 9.59. The third-order valence-corrected chi connectivity index (χ3v) is 22.1. The highest BCUT2D eigenvalue weighted by atomic mass is 32.2. The second-order valence-corrected chi connectivity index (χ2v) is 28.4. The molecule has 5 aromatic rings. The van der Waals surface area contributed by atoms with Crippen LogP contribution in [0.1, 0.15) is 68.4 Å². The minimum absolute atomic E-state index is 0.0565. The van der Waals surface area contributed by atoms with Crippen molar-refractivity contribution in [3.63, 3.8) is 0 Å². The molecule has 0 aromatic heterocycles. The molecule has 6 aliphatic heterocycles. The molecule has 0 amide bonds. The molecule has 20 N–H and O–H groups in total. The predicted molar refractivity (Wildman–Crippen MR) is 379 cm³/mol. The van der Waals surface area contributed by atoms with Crippen molar-refractivity contribution in [1.29, 1.82) is 0 Å². The molecule has 0 spiro atoms. The zero-order valence-corrected chi connectivity index (χ0v) is 58.1. The van der Waals surface area contributed by atoms with Crippen molar-refractivity contribution in [3.8, 4) is 28.7 Å². The quantitative estimate of drug-likeness (QED) is 0.0550. The van der Waals surface area contributed by atoms with Gasteiger partial charge in [0, 0.05) is 83.4 Å². The van der Waals surface area contributed by atoms with Crippen LogP contribution in [0, 0.1) is 34.6 Å². The third kappa shape index (κ3) is 16.8. The van der Waals surface area contributed by atoms with Gasteiger partial charge in [0.25, 0.3) is 0 Å². The lowest BCUT2D eigenvalue weighted by Gasteiger charge is -2.34. The number of nitrogens with zero attached hydrogens (tertiary/aromatic N) is 5. The summed E-state index contributed by atoms with van der Waals surface area (Å²) in [6.45, 7) is 26.5. The van der Waals surface area contributed by atoms with Gasteiger partial charge in [-0.1, -0.05) is 27.7 Å². The maximum atomic E-state index is 6.12. The number of rotatable bonds is 11. The van der Waals surface area contributed by atoms with Crippen LogP contribution in [0.25, 0.3) is 0 Å². The van der Waals surface area contributed by atoms with Gasteiger partial charge >= 0.3 is 0 Å². The summed E-state index contributed by atoms with van der Waals surface area (Å²) in [4.78, 5) is 16.2. The summed E-state index contributed by atoms with van der Waals surface area (Å²) < 4.78 is 30.1. The number of fused-ring (bicyclic) bond motifs is 5. The number of ether oxygens (including phenoxy) is 5. The Hall–Kier alpha value is -5.35. The molecular formula is C63H99N15O5S5. The second-order valence-electron chi connectivity index (χ2n) is 23.2. The Bertz CT molecular complexity index is 3130. The van der Waals surface area contributed by atoms with Gasteiger partial charge in [0.15, 0.2) is 47.4 Å². The van der Waals surface area contributed by atoms with Crippen LogP contribution >= 0.6 is 58.8 Å². The lowest BCUT2D eigenvalue weighted by molar-refractivity contribution is 0.0474. The molecular weight excluding hydrogens is 1210 g/mol. The van der Waals surface area contributed by atoms with Crippen LogP contribution in [0.15, 0.2) is 54.8 Å². The molecule has 0 radical (unpaired) electrons. The van der Waals surface area contributed by atoms with Crippen LogP contribution in [-0.2, 0) is 0 Å². The monoisotopic (exact) mass is 1310 g/mol. The molecule has 25 heteroatoms. The second kappa shape index (κ2) is 31.6. The van der Waals surface area contributed by atoms with Crippen LogP contribution in [0.2, 0.25) is 0 Å². The SMILES string of the molecule is CCN(CC)C1CSc2c(N)cc(C)c(N)c2O1.CCN(CC)CC1CSc2c(N)cc(C)c(N)c2O1.Cc1cc(N)c2c(c1N)OC(CN(C)C)CS2.Cc1cc(N)c2c(c1N)OC(N(C)C)CS2.Cc1cc(N)c2c(c1N)OC(N1CCCC1)CS2. The molecule has 5 aromatic carbocycles. The molecule has 0 aliphatic carbocycles. The third-order valence-electron chi connectivity index (χ3n) is 16.1. The number of nitrogen functional groups attached to an aromatic ring is 10. The first-order chi connectivity index (χ1) is 41.8. The summed E-state index contributed by atoms with van der Waals surface area (Å²) >= 11 is 8.68. The predicted octanol–water partition coefficient (Wildman–Crippen LogP) is 9.84. The number of likely N-dealkylation sites (tertiary alicyclic amines) is 1. The van der Waals surface area contributed by atoms with E-state index in [2.05, 4.69) is 47.3 Å². The number of nitrogens with two attached hydrogens (primary N) is 10. The van der Waals surface area contributed by atoms with E-state index < -0.39 is 0 Å². The highest BCUT2D eigenvalue weighted by Crippen LogP contribution is 2.50. The van der Waals surface area contributed by atoms with Crippen LogP contribution < -0.4 is 81.0 Å². The van der Waals surface area contributed by atoms with Gasteiger partial charge in [0.1, 0.15) is 12.2 Å². The standard InChI is InChI=1S/C14H23N3OS.C13H19N3OS.C13H21N3OS.C12H19N3OS.C11H17N3OS/c1-4-17(5-2)7-10-8-19-14-11(15)6-9(3)12(16)13(14)18-10;1-8-6-9(14)13-12(11(8)15)17-10(7-18-13)16-4-2-3-5-16;1-4-16(5-2)10-7-18-13-9(14)6-8(3)11(15)12(13)17-10;1-7-4-9(13)12-11(10(7)14)16-8(6-17-12)5-15(2)3;1-6-4-7(12)11-10(9(6)13)15-8(5-16-11)14(2)3/h6,10H,4-5,7-8,15-16H2,1-3H3;6,10H,2-5,7,14-15H2,1H3;6,10H,4-5,7,14-15H2,1-3H3;4,8H,5-6,13-14H2,1-3H3;4,8H,5,12-13H2,1-3H3. The van der Waals surface area contributed by atoms with E-state index in [0.717, 1.165) is 202 Å². The number of benzene rings is 5. The summed E-state index contributed by atoms with van der Waals surface area (Å²) in [7, 11) is 8.06. The Balaban J connectivity index is 0.000000157. The van der Waals surface area contributed by atoms with E-state index in [1.54, 1.807) is 58.8 Å². The van der Waals surface area contributed by atoms with Gasteiger partial charge < -0.3 is 90.8 Å². The fraction of sp³-hybridized carbons (Fsp3) is 0.524. The van der Waals surface area contributed by atoms with Gasteiger partial charge in [0.2, 0.25) is 0 Å². The van der Waals surface area contributed by atoms with Crippen LogP contribution in [0.3, 0.4) is 0 Å². The Morgan fingerprint density at radius 1 is 0.409 bits per heavy atom. The molecule has 486 valence electrons. The molecule has 6 heterocycles. The van der Waals surface area contributed by atoms with Crippen LogP contribution in [-0.4, -0.2) is 165 Å². The first-order valence-corrected chi connectivity index (χ1v) is 35.1. The minimum atomic E-state index is 0.0565. The molecule has 0 bridgehead atoms. The molecule has 88 heavy (non-hydrogen) atoms. The van der Waals surface area contributed by atoms with Crippen molar-refractivity contribution >= 4 is 116 Å². The minimum Gasteiger partial charge on any atom is -0.485 e. The van der Waals surface area contributed by atoms with Gasteiger partial charge in [-0.15, -0.1) is 58.8 Å². The summed E-state index contributed by atoms with van der Waals surface area (Å²) in [5.74, 6) is 8.38. The zero-order valence-electron chi connectivity index (χ0n) is 54.0. The number of likely N-dealkylation sites (N-methyl/N-ethyl adjacent to an activating group) is 2. The molecule has 5 unspecified atom stereocenters. The van der Waals surface area contributed by atoms with Crippen LogP contribution in [0.4, 0.5) is 56.9 Å². The molecule has 6 aliphatic rings. The highest BCUT2D eigenvalue weighted by Gasteiger charge is 2.33. The van der Waals surface area contributed by atoms with Crippen molar-refractivity contribution in [2.24, 2.45) is 0 Å². The molecule has 1 fully saturated rings. The van der Waals surface area contributed by atoms with Crippen LogP contribution in [0.5, 0.6) is 28.7 Å². The fourth-order valence-corrected chi connectivity index (χ4v) is 16.2. The largest absolute Gasteiger partial charge is 0.485 e. The Kier molecular flexibility index (Phi) is 25.2. The maximum absolute atomic E-state index is 6.12. The summed E-state index contributed by atoms with van der Waals surface area (Å²) in [5.41, 5.74) is 72.8. The van der Waals surface area contributed by atoms with Gasteiger partial charge in [-0.25, -0.2) is 0 Å². The number of thioether (sulfide) groups is 5. The zero-order chi connectivity index (χ0) is 64.4. The summed E-state index contributed by atoms with van der Waals surface area (Å²) in [5, 5.41) is 0. The van der Waals surface area contributed by atoms with Gasteiger partial charge in [-0.2, -0.15) is 0 Å². The van der Waals surface area contributed by atoms with E-state index in [9.17, 15) is 0 Å². The van der Waals surface area contributed by atoms with E-state index in [1.165, 1.54) is 12.8 Å². The first kappa shape index (κ1) is 70.1. The normalized spacial score (nSPS) is 19.8. The molecule has 11 rings (SSSR count).